The minimum absolute atomic E-state index is 0.0311. The Morgan fingerprint density at radius 3 is 2.60 bits per heavy atom. The molecule has 0 heterocycles. The number of nitrogens with one attached hydrogen (secondary N) is 1. The number of hydrogen-bond donors (Lipinski definition) is 2. The van der Waals surface area contributed by atoms with E-state index in [-0.39, 0.29) is 5.91 Å². The second-order valence-corrected chi connectivity index (χ2v) is 4.99. The van der Waals surface area contributed by atoms with Crippen LogP contribution in [0, 0.1) is 24.7 Å². The molecule has 0 aliphatic carbocycles. The highest BCUT2D eigenvalue weighted by Gasteiger charge is 2.09. The lowest BCUT2D eigenvalue weighted by molar-refractivity contribution is 0.0946. The van der Waals surface area contributed by atoms with Gasteiger partial charge in [-0.15, -0.1) is 0 Å². The van der Waals surface area contributed by atoms with Gasteiger partial charge in [-0.3, -0.25) is 4.79 Å². The summed E-state index contributed by atoms with van der Waals surface area (Å²) in [6.07, 6.45) is 2.16. The Balaban J connectivity index is 2.79. The van der Waals surface area contributed by atoms with Crippen molar-refractivity contribution >= 4 is 5.91 Å². The first-order chi connectivity index (χ1) is 9.60. The van der Waals surface area contributed by atoms with Crippen LogP contribution in [0.15, 0.2) is 18.2 Å². The lowest BCUT2D eigenvalue weighted by Crippen LogP contribution is -2.29. The molecule has 3 N–H and O–H groups in total. The zero-order valence-electron chi connectivity index (χ0n) is 12.6. The lowest BCUT2D eigenvalue weighted by atomic mass is 10.0. The van der Waals surface area contributed by atoms with Gasteiger partial charge in [0.15, 0.2) is 0 Å². The first-order valence-corrected chi connectivity index (χ1v) is 7.19. The lowest BCUT2D eigenvalue weighted by Gasteiger charge is -2.13. The summed E-state index contributed by atoms with van der Waals surface area (Å²) in [7, 11) is 0. The molecule has 108 valence electrons. The third-order valence-corrected chi connectivity index (χ3v) is 3.38. The summed E-state index contributed by atoms with van der Waals surface area (Å²) in [4.78, 5) is 12.2. The Morgan fingerprint density at radius 1 is 1.30 bits per heavy atom. The fourth-order valence-corrected chi connectivity index (χ4v) is 2.06. The van der Waals surface area contributed by atoms with Crippen molar-refractivity contribution in [3.05, 3.63) is 34.9 Å². The van der Waals surface area contributed by atoms with E-state index in [4.69, 9.17) is 5.73 Å². The van der Waals surface area contributed by atoms with Crippen LogP contribution in [0.4, 0.5) is 0 Å². The number of aryl methyl sites for hydroxylation is 1. The largest absolute Gasteiger partial charge is 0.352 e. The maximum absolute atomic E-state index is 12.2. The molecule has 20 heavy (non-hydrogen) atoms. The standard InChI is InChI=1S/C17H24N2O/c1-4-14(5-2)12-19-17(20)16-10-13(3)9-15(11-16)7-6-8-18/h9-11,14H,4-5,8,12,18H2,1-3H3,(H,19,20). The van der Waals surface area contributed by atoms with Crippen LogP contribution in [0.2, 0.25) is 0 Å². The highest BCUT2D eigenvalue weighted by atomic mass is 16.1. The molecule has 0 spiro atoms. The van der Waals surface area contributed by atoms with E-state index in [0.29, 0.717) is 18.0 Å². The van der Waals surface area contributed by atoms with E-state index in [9.17, 15) is 4.79 Å². The van der Waals surface area contributed by atoms with Gasteiger partial charge in [0.05, 0.1) is 6.54 Å². The van der Waals surface area contributed by atoms with Crippen molar-refractivity contribution in [2.24, 2.45) is 11.7 Å². The predicted molar refractivity (Wildman–Crippen MR) is 83.5 cm³/mol. The topological polar surface area (TPSA) is 55.1 Å². The van der Waals surface area contributed by atoms with Crippen LogP contribution in [0.3, 0.4) is 0 Å². The van der Waals surface area contributed by atoms with Gasteiger partial charge in [0.1, 0.15) is 0 Å². The fourth-order valence-electron chi connectivity index (χ4n) is 2.06. The number of rotatable bonds is 5. The monoisotopic (exact) mass is 272 g/mol. The molecule has 1 aromatic rings. The molecule has 1 amide bonds. The average Bonchev–Trinajstić information content (AvgIpc) is 2.45. The third kappa shape index (κ3) is 5.07. The van der Waals surface area contributed by atoms with Crippen molar-refractivity contribution in [3.63, 3.8) is 0 Å². The number of hydrogen-bond acceptors (Lipinski definition) is 2. The van der Waals surface area contributed by atoms with Gasteiger partial charge in [-0.05, 0) is 36.6 Å². The molecule has 1 rings (SSSR count). The summed E-state index contributed by atoms with van der Waals surface area (Å²) in [6, 6.07) is 5.66. The first kappa shape index (κ1) is 16.3. The van der Waals surface area contributed by atoms with Crippen LogP contribution < -0.4 is 11.1 Å². The van der Waals surface area contributed by atoms with E-state index in [0.717, 1.165) is 30.5 Å². The molecule has 0 saturated heterocycles. The molecule has 0 aliphatic rings. The Morgan fingerprint density at radius 2 is 2.00 bits per heavy atom. The Hall–Kier alpha value is -1.79. The Bertz CT molecular complexity index is 507. The maximum Gasteiger partial charge on any atom is 0.251 e. The Labute approximate surface area is 121 Å². The van der Waals surface area contributed by atoms with Gasteiger partial charge < -0.3 is 11.1 Å². The molecule has 1 aromatic carbocycles. The van der Waals surface area contributed by atoms with Crippen molar-refractivity contribution < 1.29 is 4.79 Å². The number of amides is 1. The normalized spacial score (nSPS) is 10.1. The molecule has 3 heteroatoms. The molecule has 0 atom stereocenters. The fraction of sp³-hybridized carbons (Fsp3) is 0.471. The third-order valence-electron chi connectivity index (χ3n) is 3.38. The van der Waals surface area contributed by atoms with E-state index in [1.165, 1.54) is 0 Å². The van der Waals surface area contributed by atoms with Crippen molar-refractivity contribution in [2.45, 2.75) is 33.6 Å². The van der Waals surface area contributed by atoms with Crippen LogP contribution in [0.1, 0.15) is 48.2 Å². The van der Waals surface area contributed by atoms with E-state index in [2.05, 4.69) is 31.0 Å². The number of nitrogens with two attached hydrogens (primary N) is 1. The zero-order valence-corrected chi connectivity index (χ0v) is 12.6. The highest BCUT2D eigenvalue weighted by Crippen LogP contribution is 2.10. The van der Waals surface area contributed by atoms with Crippen molar-refractivity contribution in [3.8, 4) is 11.8 Å². The smallest absolute Gasteiger partial charge is 0.251 e. The van der Waals surface area contributed by atoms with Crippen LogP contribution in [-0.4, -0.2) is 19.0 Å². The number of carbonyl (C=O) groups excluding carboxylic acids is 1. The highest BCUT2D eigenvalue weighted by molar-refractivity contribution is 5.94. The minimum Gasteiger partial charge on any atom is -0.352 e. The molecule has 0 fully saturated rings. The van der Waals surface area contributed by atoms with E-state index >= 15 is 0 Å². The van der Waals surface area contributed by atoms with Gasteiger partial charge in [-0.2, -0.15) is 0 Å². The summed E-state index contributed by atoms with van der Waals surface area (Å²) >= 11 is 0. The summed E-state index contributed by atoms with van der Waals surface area (Å²) in [5.74, 6) is 6.30. The van der Waals surface area contributed by atoms with Crippen LogP contribution in [0.5, 0.6) is 0 Å². The van der Waals surface area contributed by atoms with Crippen LogP contribution >= 0.6 is 0 Å². The van der Waals surface area contributed by atoms with E-state index < -0.39 is 0 Å². The predicted octanol–water partition coefficient (Wildman–Crippen LogP) is 2.47. The molecule has 0 saturated carbocycles. The van der Waals surface area contributed by atoms with Crippen molar-refractivity contribution in [2.75, 3.05) is 13.1 Å². The summed E-state index contributed by atoms with van der Waals surface area (Å²) in [5.41, 5.74) is 7.90. The number of carbonyl (C=O) groups is 1. The first-order valence-electron chi connectivity index (χ1n) is 7.19. The van der Waals surface area contributed by atoms with Crippen molar-refractivity contribution in [1.82, 2.24) is 5.32 Å². The quantitative estimate of drug-likeness (QED) is 0.809. The molecule has 3 nitrogen and oxygen atoms in total. The molecule has 0 aliphatic heterocycles. The average molecular weight is 272 g/mol. The maximum atomic E-state index is 12.2. The molecule has 0 bridgehead atoms. The van der Waals surface area contributed by atoms with Gasteiger partial charge in [-0.1, -0.05) is 38.5 Å². The second kappa shape index (κ2) is 8.39. The SMILES string of the molecule is CCC(CC)CNC(=O)c1cc(C)cc(C#CCN)c1. The molecule has 0 radical (unpaired) electrons. The van der Waals surface area contributed by atoms with Crippen LogP contribution in [0.25, 0.3) is 0 Å². The van der Waals surface area contributed by atoms with Gasteiger partial charge >= 0.3 is 0 Å². The van der Waals surface area contributed by atoms with Crippen LogP contribution in [-0.2, 0) is 0 Å². The van der Waals surface area contributed by atoms with Crippen molar-refractivity contribution in [1.29, 1.82) is 0 Å². The molecular weight excluding hydrogens is 248 g/mol. The minimum atomic E-state index is -0.0311. The summed E-state index contributed by atoms with van der Waals surface area (Å²) in [6.45, 7) is 7.31. The van der Waals surface area contributed by atoms with Gasteiger partial charge in [0, 0.05) is 17.7 Å². The van der Waals surface area contributed by atoms with Gasteiger partial charge in [0.25, 0.3) is 5.91 Å². The molecular formula is C17H24N2O. The van der Waals surface area contributed by atoms with Gasteiger partial charge in [0.2, 0.25) is 0 Å². The Kier molecular flexibility index (Phi) is 6.83. The summed E-state index contributed by atoms with van der Waals surface area (Å²) < 4.78 is 0. The number of benzene rings is 1. The molecule has 0 unspecified atom stereocenters. The molecule has 0 aromatic heterocycles. The zero-order chi connectivity index (χ0) is 15.0. The second-order valence-electron chi connectivity index (χ2n) is 4.99. The van der Waals surface area contributed by atoms with E-state index in [1.54, 1.807) is 0 Å². The van der Waals surface area contributed by atoms with Gasteiger partial charge in [-0.25, -0.2) is 0 Å². The van der Waals surface area contributed by atoms with E-state index in [1.807, 2.05) is 25.1 Å². The summed E-state index contributed by atoms with van der Waals surface area (Å²) in [5, 5.41) is 3.00.